The topological polar surface area (TPSA) is 73.5 Å². The summed E-state index contributed by atoms with van der Waals surface area (Å²) in [5.74, 6) is 0. The molecule has 7 heteroatoms. The van der Waals surface area contributed by atoms with Gasteiger partial charge < -0.3 is 5.32 Å². The maximum atomic E-state index is 4.27. The molecule has 1 aromatic carbocycles. The minimum absolute atomic E-state index is 0.736. The summed E-state index contributed by atoms with van der Waals surface area (Å²) in [6.07, 6.45) is 5.52. The van der Waals surface area contributed by atoms with E-state index in [2.05, 4.69) is 45.9 Å². The lowest BCUT2D eigenvalue weighted by atomic mass is 10.1. The zero-order valence-electron chi connectivity index (χ0n) is 12.1. The Morgan fingerprint density at radius 1 is 1.29 bits per heavy atom. The minimum atomic E-state index is 0.736. The fourth-order valence-electron chi connectivity index (χ4n) is 2.09. The van der Waals surface area contributed by atoms with Gasteiger partial charge in [-0.2, -0.15) is 5.10 Å². The molecule has 108 valence electrons. The van der Waals surface area contributed by atoms with Gasteiger partial charge in [0.15, 0.2) is 0 Å². The summed E-state index contributed by atoms with van der Waals surface area (Å²) in [4.78, 5) is 0. The predicted molar refractivity (Wildman–Crippen MR) is 79.1 cm³/mol. The van der Waals surface area contributed by atoms with Gasteiger partial charge in [-0.15, -0.1) is 5.10 Å². The Kier molecular flexibility index (Phi) is 3.63. The van der Waals surface area contributed by atoms with E-state index in [0.29, 0.717) is 0 Å². The van der Waals surface area contributed by atoms with Gasteiger partial charge in [0.25, 0.3) is 0 Å². The van der Waals surface area contributed by atoms with Gasteiger partial charge in [0, 0.05) is 30.5 Å². The van der Waals surface area contributed by atoms with Crippen LogP contribution in [0.2, 0.25) is 0 Å². The van der Waals surface area contributed by atoms with Gasteiger partial charge in [0.1, 0.15) is 6.33 Å². The average molecular weight is 283 g/mol. The van der Waals surface area contributed by atoms with Crippen LogP contribution in [-0.2, 0) is 13.1 Å². The zero-order chi connectivity index (χ0) is 14.7. The van der Waals surface area contributed by atoms with E-state index in [-0.39, 0.29) is 0 Å². The largest absolute Gasteiger partial charge is 0.381 e. The molecule has 2 aromatic heterocycles. The van der Waals surface area contributed by atoms with Crippen molar-refractivity contribution in [3.05, 3.63) is 48.0 Å². The van der Waals surface area contributed by atoms with Gasteiger partial charge in [-0.05, 0) is 42.0 Å². The number of hydrogen-bond acceptors (Lipinski definition) is 5. The van der Waals surface area contributed by atoms with Crippen LogP contribution in [0.1, 0.15) is 18.1 Å². The fourth-order valence-corrected chi connectivity index (χ4v) is 2.09. The molecule has 0 atom stereocenters. The van der Waals surface area contributed by atoms with Crippen LogP contribution in [0, 0.1) is 6.92 Å². The first-order valence-electron chi connectivity index (χ1n) is 6.85. The first-order chi connectivity index (χ1) is 10.3. The van der Waals surface area contributed by atoms with E-state index in [9.17, 15) is 0 Å². The van der Waals surface area contributed by atoms with Gasteiger partial charge in [-0.3, -0.25) is 4.68 Å². The second-order valence-electron chi connectivity index (χ2n) is 4.81. The van der Waals surface area contributed by atoms with E-state index in [0.717, 1.165) is 30.0 Å². The lowest BCUT2D eigenvalue weighted by molar-refractivity contribution is 0.659. The minimum Gasteiger partial charge on any atom is -0.381 e. The number of hydrogen-bond donors (Lipinski definition) is 1. The molecule has 0 radical (unpaired) electrons. The van der Waals surface area contributed by atoms with E-state index in [1.54, 1.807) is 11.0 Å². The Morgan fingerprint density at radius 3 is 2.90 bits per heavy atom. The van der Waals surface area contributed by atoms with Crippen LogP contribution in [0.3, 0.4) is 0 Å². The second-order valence-corrected chi connectivity index (χ2v) is 4.81. The van der Waals surface area contributed by atoms with Gasteiger partial charge in [0.2, 0.25) is 0 Å². The lowest BCUT2D eigenvalue weighted by Gasteiger charge is -2.10. The molecule has 0 aliphatic heterocycles. The molecule has 0 saturated heterocycles. The summed E-state index contributed by atoms with van der Waals surface area (Å²) in [7, 11) is 0. The molecule has 0 bridgehead atoms. The Morgan fingerprint density at radius 2 is 2.19 bits per heavy atom. The summed E-state index contributed by atoms with van der Waals surface area (Å²) >= 11 is 0. The second kappa shape index (κ2) is 5.74. The summed E-state index contributed by atoms with van der Waals surface area (Å²) < 4.78 is 3.56. The van der Waals surface area contributed by atoms with Crippen molar-refractivity contribution in [2.75, 3.05) is 5.32 Å². The molecule has 0 unspecified atom stereocenters. The number of nitrogens with one attached hydrogen (secondary N) is 1. The van der Waals surface area contributed by atoms with Crippen molar-refractivity contribution in [1.82, 2.24) is 30.0 Å². The standard InChI is InChI=1S/C14H17N7/c1-3-20-9-12(8-17-20)7-15-14-6-13(5-4-11(14)2)21-10-16-18-19-21/h4-6,8-10,15H,3,7H2,1-2H3. The van der Waals surface area contributed by atoms with E-state index in [1.807, 2.05) is 29.2 Å². The first kappa shape index (κ1) is 13.3. The SMILES string of the molecule is CCn1cc(CNc2cc(-n3cnnn3)ccc2C)cn1. The molecule has 2 heterocycles. The zero-order valence-corrected chi connectivity index (χ0v) is 12.1. The van der Waals surface area contributed by atoms with Gasteiger partial charge in [-0.1, -0.05) is 6.07 Å². The predicted octanol–water partition coefficient (Wildman–Crippen LogP) is 1.80. The van der Waals surface area contributed by atoms with Crippen molar-refractivity contribution in [3.8, 4) is 5.69 Å². The Balaban J connectivity index is 1.76. The molecular formula is C14H17N7. The van der Waals surface area contributed by atoms with Gasteiger partial charge >= 0.3 is 0 Å². The van der Waals surface area contributed by atoms with Crippen molar-refractivity contribution in [2.45, 2.75) is 26.9 Å². The van der Waals surface area contributed by atoms with Crippen molar-refractivity contribution >= 4 is 5.69 Å². The van der Waals surface area contributed by atoms with E-state index < -0.39 is 0 Å². The maximum absolute atomic E-state index is 4.27. The highest BCUT2D eigenvalue weighted by Gasteiger charge is 2.04. The van der Waals surface area contributed by atoms with Crippen LogP contribution in [0.5, 0.6) is 0 Å². The molecule has 3 rings (SSSR count). The third-order valence-corrected chi connectivity index (χ3v) is 3.33. The molecule has 0 fully saturated rings. The molecule has 0 aliphatic carbocycles. The Labute approximate surface area is 122 Å². The third kappa shape index (κ3) is 2.91. The molecule has 21 heavy (non-hydrogen) atoms. The lowest BCUT2D eigenvalue weighted by Crippen LogP contribution is -2.03. The molecular weight excluding hydrogens is 266 g/mol. The fraction of sp³-hybridized carbons (Fsp3) is 0.286. The molecule has 7 nitrogen and oxygen atoms in total. The van der Waals surface area contributed by atoms with Crippen LogP contribution in [0.4, 0.5) is 5.69 Å². The highest BCUT2D eigenvalue weighted by molar-refractivity contribution is 5.56. The summed E-state index contributed by atoms with van der Waals surface area (Å²) in [6.45, 7) is 5.76. The van der Waals surface area contributed by atoms with Gasteiger partial charge in [0.05, 0.1) is 11.9 Å². The number of benzene rings is 1. The van der Waals surface area contributed by atoms with Crippen molar-refractivity contribution in [2.24, 2.45) is 0 Å². The van der Waals surface area contributed by atoms with Crippen molar-refractivity contribution in [3.63, 3.8) is 0 Å². The van der Waals surface area contributed by atoms with Crippen LogP contribution in [0.25, 0.3) is 5.69 Å². The van der Waals surface area contributed by atoms with Crippen LogP contribution in [-0.4, -0.2) is 30.0 Å². The summed E-state index contributed by atoms with van der Waals surface area (Å²) in [5.41, 5.74) is 4.32. The molecule has 0 amide bonds. The average Bonchev–Trinajstić information content (AvgIpc) is 3.18. The quantitative estimate of drug-likeness (QED) is 0.773. The highest BCUT2D eigenvalue weighted by Crippen LogP contribution is 2.19. The maximum Gasteiger partial charge on any atom is 0.143 e. The molecule has 0 saturated carbocycles. The van der Waals surface area contributed by atoms with Crippen LogP contribution in [0.15, 0.2) is 36.9 Å². The van der Waals surface area contributed by atoms with E-state index in [1.165, 1.54) is 5.56 Å². The summed E-state index contributed by atoms with van der Waals surface area (Å²) in [5, 5.41) is 18.9. The van der Waals surface area contributed by atoms with Crippen LogP contribution < -0.4 is 5.32 Å². The summed E-state index contributed by atoms with van der Waals surface area (Å²) in [6, 6.07) is 6.08. The number of rotatable bonds is 5. The molecule has 3 aromatic rings. The van der Waals surface area contributed by atoms with Crippen molar-refractivity contribution < 1.29 is 0 Å². The van der Waals surface area contributed by atoms with Gasteiger partial charge in [-0.25, -0.2) is 4.68 Å². The smallest absolute Gasteiger partial charge is 0.143 e. The number of nitrogens with zero attached hydrogens (tertiary/aromatic N) is 6. The number of aromatic nitrogens is 6. The normalized spacial score (nSPS) is 10.8. The number of aryl methyl sites for hydroxylation is 2. The van der Waals surface area contributed by atoms with E-state index in [4.69, 9.17) is 0 Å². The Bertz CT molecular complexity index is 715. The first-order valence-corrected chi connectivity index (χ1v) is 6.85. The third-order valence-electron chi connectivity index (χ3n) is 3.33. The highest BCUT2D eigenvalue weighted by atomic mass is 15.5. The van der Waals surface area contributed by atoms with Crippen LogP contribution >= 0.6 is 0 Å². The molecule has 0 aliphatic rings. The number of anilines is 1. The van der Waals surface area contributed by atoms with E-state index >= 15 is 0 Å². The monoisotopic (exact) mass is 283 g/mol. The Hall–Kier alpha value is -2.70. The number of tetrazole rings is 1. The molecule has 0 spiro atoms. The van der Waals surface area contributed by atoms with Crippen molar-refractivity contribution in [1.29, 1.82) is 0 Å². The molecule has 1 N–H and O–H groups in total.